The number of anilines is 1. The minimum atomic E-state index is -3.16. The lowest BCUT2D eigenvalue weighted by Gasteiger charge is -2.19. The van der Waals surface area contributed by atoms with E-state index in [1.807, 2.05) is 6.07 Å². The maximum Gasteiger partial charge on any atom is 0.411 e. The van der Waals surface area contributed by atoms with Gasteiger partial charge in [-0.25, -0.2) is 13.1 Å². The third-order valence-corrected chi connectivity index (χ3v) is 5.03. The number of carbonyl (C=O) groups excluding carboxylic acids is 1. The molecule has 100 valence electrons. The minimum absolute atomic E-state index is 0.212. The molecule has 0 aromatic heterocycles. The average molecular weight is 292 g/mol. The van der Waals surface area contributed by atoms with Crippen molar-refractivity contribution in [3.05, 3.63) is 30.3 Å². The van der Waals surface area contributed by atoms with E-state index >= 15 is 0 Å². The summed E-state index contributed by atoms with van der Waals surface area (Å²) in [5.41, 5.74) is 0.637. The van der Waals surface area contributed by atoms with Gasteiger partial charge in [0.15, 0.2) is 0 Å². The molecule has 0 bridgehead atoms. The zero-order valence-corrected chi connectivity index (χ0v) is 11.7. The topological polar surface area (TPSA) is 58.6 Å². The maximum absolute atomic E-state index is 12.3. The van der Waals surface area contributed by atoms with Crippen LogP contribution in [0.5, 0.6) is 0 Å². The molecule has 1 unspecified atom stereocenters. The Labute approximate surface area is 110 Å². The van der Waals surface area contributed by atoms with Crippen LogP contribution in [0.1, 0.15) is 6.92 Å². The molecule has 0 aliphatic heterocycles. The molecule has 0 saturated heterocycles. The summed E-state index contributed by atoms with van der Waals surface area (Å²) in [6, 6.07) is 8.87. The first-order valence-electron chi connectivity index (χ1n) is 5.19. The molecule has 0 radical (unpaired) electrons. The normalized spacial score (nSPS) is 13.7. The summed E-state index contributed by atoms with van der Waals surface area (Å²) in [6.07, 6.45) is -1.45. The van der Waals surface area contributed by atoms with E-state index in [4.69, 9.17) is 3.97 Å². The van der Waals surface area contributed by atoms with Crippen molar-refractivity contribution in [1.29, 1.82) is 0 Å². The van der Waals surface area contributed by atoms with E-state index in [1.165, 1.54) is 7.05 Å². The Balaban J connectivity index is 2.63. The summed E-state index contributed by atoms with van der Waals surface area (Å²) in [6.45, 7) is 1.68. The first-order valence-corrected chi connectivity index (χ1v) is 7.69. The number of nitrogens with one attached hydrogen (secondary N) is 1. The average Bonchev–Trinajstić information content (AvgIpc) is 2.37. The molecule has 5 nitrogen and oxygen atoms in total. The zero-order valence-electron chi connectivity index (χ0n) is 10.00. The second-order valence-electron chi connectivity index (χ2n) is 3.37. The first-order chi connectivity index (χ1) is 8.47. The van der Waals surface area contributed by atoms with E-state index in [9.17, 15) is 13.8 Å². The van der Waals surface area contributed by atoms with Crippen molar-refractivity contribution in [1.82, 2.24) is 4.31 Å². The summed E-state index contributed by atoms with van der Waals surface area (Å²) in [5, 5.41) is 2.75. The fourth-order valence-corrected chi connectivity index (χ4v) is 3.15. The predicted molar refractivity (Wildman–Crippen MR) is 71.2 cm³/mol. The molecular formula is C10H14FN2O3PS. The van der Waals surface area contributed by atoms with Crippen molar-refractivity contribution < 1.29 is 17.7 Å². The minimum Gasteiger partial charge on any atom is -0.315 e. The van der Waals surface area contributed by atoms with Gasteiger partial charge in [0.2, 0.25) is 0 Å². The molecule has 0 fully saturated rings. The van der Waals surface area contributed by atoms with E-state index < -0.39 is 13.7 Å². The van der Waals surface area contributed by atoms with Crippen molar-refractivity contribution in [2.24, 2.45) is 0 Å². The third-order valence-electron chi connectivity index (χ3n) is 2.00. The number of benzene rings is 1. The summed E-state index contributed by atoms with van der Waals surface area (Å²) >= 11 is 0.418. The van der Waals surface area contributed by atoms with E-state index in [1.54, 1.807) is 31.2 Å². The van der Waals surface area contributed by atoms with E-state index in [0.29, 0.717) is 22.2 Å². The highest BCUT2D eigenvalue weighted by Crippen LogP contribution is 2.50. The van der Waals surface area contributed by atoms with Gasteiger partial charge in [-0.2, -0.15) is 0 Å². The van der Waals surface area contributed by atoms with Gasteiger partial charge in [-0.1, -0.05) is 25.1 Å². The van der Waals surface area contributed by atoms with Crippen molar-refractivity contribution in [2.75, 3.05) is 18.3 Å². The second kappa shape index (κ2) is 6.78. The summed E-state index contributed by atoms with van der Waals surface area (Å²) in [5.74, 6) is 0. The number of hydrogen-bond donors (Lipinski definition) is 1. The van der Waals surface area contributed by atoms with Gasteiger partial charge in [0.05, 0.1) is 0 Å². The van der Waals surface area contributed by atoms with Crippen LogP contribution in [0.25, 0.3) is 0 Å². The van der Waals surface area contributed by atoms with Crippen LogP contribution in [0.3, 0.4) is 0 Å². The maximum atomic E-state index is 12.3. The molecule has 1 aromatic carbocycles. The van der Waals surface area contributed by atoms with Crippen molar-refractivity contribution in [3.8, 4) is 0 Å². The van der Waals surface area contributed by atoms with E-state index in [-0.39, 0.29) is 6.16 Å². The molecule has 1 aromatic rings. The van der Waals surface area contributed by atoms with Crippen LogP contribution < -0.4 is 5.09 Å². The van der Waals surface area contributed by atoms with Crippen LogP contribution in [0.4, 0.5) is 14.9 Å². The van der Waals surface area contributed by atoms with Crippen LogP contribution >= 0.6 is 19.7 Å². The fraction of sp³-hybridized carbons (Fsp3) is 0.300. The highest BCUT2D eigenvalue weighted by atomic mass is 32.2. The molecule has 0 saturated carbocycles. The molecule has 0 aliphatic rings. The molecule has 1 amide bonds. The monoisotopic (exact) mass is 292 g/mol. The van der Waals surface area contributed by atoms with Gasteiger partial charge in [-0.3, -0.25) is 4.57 Å². The highest BCUT2D eigenvalue weighted by molar-refractivity contribution is 7.97. The van der Waals surface area contributed by atoms with Gasteiger partial charge in [-0.05, 0) is 12.1 Å². The van der Waals surface area contributed by atoms with Gasteiger partial charge in [0.1, 0.15) is 12.2 Å². The van der Waals surface area contributed by atoms with E-state index in [2.05, 4.69) is 5.09 Å². The van der Waals surface area contributed by atoms with Gasteiger partial charge in [0.25, 0.3) is 0 Å². The molecule has 0 aliphatic carbocycles. The van der Waals surface area contributed by atoms with Gasteiger partial charge < -0.3 is 5.09 Å². The van der Waals surface area contributed by atoms with Crippen LogP contribution in [-0.4, -0.2) is 23.7 Å². The number of carbonyl (C=O) groups is 1. The van der Waals surface area contributed by atoms with Crippen molar-refractivity contribution in [2.45, 2.75) is 6.92 Å². The van der Waals surface area contributed by atoms with Crippen LogP contribution in [0, 0.1) is 0 Å². The first kappa shape index (κ1) is 15.0. The molecular weight excluding hydrogens is 278 g/mol. The molecule has 8 heteroatoms. The molecule has 1 rings (SSSR count). The zero-order chi connectivity index (χ0) is 13.6. The lowest BCUT2D eigenvalue weighted by Crippen LogP contribution is -2.13. The quantitative estimate of drug-likeness (QED) is 0.283. The number of amides is 1. The summed E-state index contributed by atoms with van der Waals surface area (Å²) < 4.78 is 30.2. The largest absolute Gasteiger partial charge is 0.411 e. The Bertz CT molecular complexity index is 446. The van der Waals surface area contributed by atoms with Crippen molar-refractivity contribution in [3.63, 3.8) is 0 Å². The van der Waals surface area contributed by atoms with Gasteiger partial charge >= 0.3 is 13.7 Å². The SMILES string of the molecule is CCP(=O)(Nc1ccccc1)OSN(C)C(=O)F. The Morgan fingerprint density at radius 1 is 1.50 bits per heavy atom. The lowest BCUT2D eigenvalue weighted by atomic mass is 10.3. The molecule has 1 atom stereocenters. The van der Waals surface area contributed by atoms with E-state index in [0.717, 1.165) is 0 Å². The molecule has 1 N–H and O–H groups in total. The number of rotatable bonds is 6. The molecule has 18 heavy (non-hydrogen) atoms. The Morgan fingerprint density at radius 3 is 2.61 bits per heavy atom. The molecule has 0 heterocycles. The Morgan fingerprint density at radius 2 is 2.11 bits per heavy atom. The lowest BCUT2D eigenvalue weighted by molar-refractivity contribution is 0.208. The molecule has 0 spiro atoms. The fourth-order valence-electron chi connectivity index (χ4n) is 0.993. The summed E-state index contributed by atoms with van der Waals surface area (Å²) in [7, 11) is -1.97. The van der Waals surface area contributed by atoms with Gasteiger partial charge in [-0.15, -0.1) is 4.39 Å². The number of hydrogen-bond acceptors (Lipinski definition) is 4. The number of halogens is 1. The highest BCUT2D eigenvalue weighted by Gasteiger charge is 2.23. The van der Waals surface area contributed by atoms with Crippen molar-refractivity contribution >= 4 is 31.6 Å². The van der Waals surface area contributed by atoms with Crippen LogP contribution in [0.15, 0.2) is 30.3 Å². The standard InChI is InChI=1S/C10H14FN2O3PS/c1-3-17(15,16-18-13(2)10(11)14)12-9-7-5-4-6-8-9/h4-8H,3H2,1-2H3,(H,12,15). The Hall–Kier alpha value is -1.04. The summed E-state index contributed by atoms with van der Waals surface area (Å²) in [4.78, 5) is 10.4. The number of nitrogens with zero attached hydrogens (tertiary/aromatic N) is 1. The van der Waals surface area contributed by atoms with Crippen LogP contribution in [-0.2, 0) is 8.54 Å². The second-order valence-corrected chi connectivity index (χ2v) is 6.86. The Kier molecular flexibility index (Phi) is 5.65. The predicted octanol–water partition coefficient (Wildman–Crippen LogP) is 3.91. The van der Waals surface area contributed by atoms with Gasteiger partial charge in [0, 0.05) is 18.9 Å². The third kappa shape index (κ3) is 4.68. The number of para-hydroxylation sites is 1. The van der Waals surface area contributed by atoms with Crippen LogP contribution in [0.2, 0.25) is 0 Å². The smallest absolute Gasteiger partial charge is 0.315 e.